The number of rotatable bonds is 8. The van der Waals surface area contributed by atoms with Crippen LogP contribution >= 0.6 is 11.3 Å². The minimum atomic E-state index is 0.238. The molecule has 0 fully saturated rings. The highest BCUT2D eigenvalue weighted by Gasteiger charge is 2.04. The van der Waals surface area contributed by atoms with Crippen LogP contribution < -0.4 is 10.1 Å². The van der Waals surface area contributed by atoms with E-state index in [4.69, 9.17) is 9.47 Å². The van der Waals surface area contributed by atoms with Gasteiger partial charge in [-0.15, -0.1) is 10.2 Å². The lowest BCUT2D eigenvalue weighted by Gasteiger charge is -2.06. The van der Waals surface area contributed by atoms with Crippen molar-refractivity contribution >= 4 is 11.3 Å². The molecule has 0 saturated carbocycles. The molecule has 1 aromatic heterocycles. The Bertz CT molecular complexity index is 291. The molecular weight excluding hydrogens is 226 g/mol. The Balaban J connectivity index is 2.19. The van der Waals surface area contributed by atoms with E-state index in [1.165, 1.54) is 11.3 Å². The van der Waals surface area contributed by atoms with Crippen molar-refractivity contribution in [2.45, 2.75) is 33.4 Å². The molecule has 0 amide bonds. The molecule has 0 aromatic carbocycles. The van der Waals surface area contributed by atoms with E-state index in [0.29, 0.717) is 18.4 Å². The van der Waals surface area contributed by atoms with Gasteiger partial charge in [0, 0.05) is 6.54 Å². The van der Waals surface area contributed by atoms with Crippen LogP contribution in [0.4, 0.5) is 0 Å². The van der Waals surface area contributed by atoms with Gasteiger partial charge in [0.25, 0.3) is 5.19 Å². The lowest BCUT2D eigenvalue weighted by molar-refractivity contribution is 0.0550. The van der Waals surface area contributed by atoms with Gasteiger partial charge in [-0.3, -0.25) is 0 Å². The lowest BCUT2D eigenvalue weighted by Crippen LogP contribution is -2.11. The van der Waals surface area contributed by atoms with Crippen LogP contribution in [0.3, 0.4) is 0 Å². The van der Waals surface area contributed by atoms with Gasteiger partial charge in [-0.2, -0.15) is 0 Å². The van der Waals surface area contributed by atoms with Crippen molar-refractivity contribution in [1.82, 2.24) is 15.5 Å². The Morgan fingerprint density at radius 3 is 2.81 bits per heavy atom. The first-order valence-corrected chi connectivity index (χ1v) is 6.31. The third-order valence-corrected chi connectivity index (χ3v) is 2.57. The van der Waals surface area contributed by atoms with Crippen LogP contribution in [-0.4, -0.2) is 36.1 Å². The van der Waals surface area contributed by atoms with Gasteiger partial charge in [-0.1, -0.05) is 18.3 Å². The summed E-state index contributed by atoms with van der Waals surface area (Å²) < 4.78 is 10.8. The monoisotopic (exact) mass is 245 g/mol. The zero-order valence-corrected chi connectivity index (χ0v) is 10.8. The molecular formula is C10H19N3O2S. The first-order valence-electron chi connectivity index (χ1n) is 5.50. The van der Waals surface area contributed by atoms with Gasteiger partial charge >= 0.3 is 0 Å². The molecule has 0 bridgehead atoms. The van der Waals surface area contributed by atoms with E-state index in [-0.39, 0.29) is 6.10 Å². The third kappa shape index (κ3) is 5.39. The van der Waals surface area contributed by atoms with Crippen molar-refractivity contribution in [3.63, 3.8) is 0 Å². The molecule has 0 aliphatic carbocycles. The maximum atomic E-state index is 5.41. The minimum Gasteiger partial charge on any atom is -0.466 e. The zero-order valence-electron chi connectivity index (χ0n) is 10.0. The quantitative estimate of drug-likeness (QED) is 0.703. The maximum absolute atomic E-state index is 5.41. The summed E-state index contributed by atoms with van der Waals surface area (Å²) >= 11 is 1.47. The van der Waals surface area contributed by atoms with Crippen LogP contribution in [0.5, 0.6) is 5.19 Å². The van der Waals surface area contributed by atoms with Gasteiger partial charge in [-0.25, -0.2) is 0 Å². The van der Waals surface area contributed by atoms with Crippen LogP contribution in [0.15, 0.2) is 0 Å². The zero-order chi connectivity index (χ0) is 11.8. The molecule has 5 nitrogen and oxygen atoms in total. The molecule has 1 rings (SSSR count). The van der Waals surface area contributed by atoms with E-state index in [1.54, 1.807) is 0 Å². The number of aromatic nitrogens is 2. The van der Waals surface area contributed by atoms with Crippen LogP contribution in [-0.2, 0) is 11.3 Å². The summed E-state index contributed by atoms with van der Waals surface area (Å²) in [5.41, 5.74) is 0. The predicted molar refractivity (Wildman–Crippen MR) is 63.9 cm³/mol. The van der Waals surface area contributed by atoms with E-state index in [1.807, 2.05) is 13.8 Å². The van der Waals surface area contributed by atoms with Gasteiger partial charge in [-0.05, 0) is 20.4 Å². The summed E-state index contributed by atoms with van der Waals surface area (Å²) in [4.78, 5) is 0. The average molecular weight is 245 g/mol. The molecule has 92 valence electrons. The van der Waals surface area contributed by atoms with E-state index >= 15 is 0 Å². The highest BCUT2D eigenvalue weighted by molar-refractivity contribution is 7.13. The molecule has 0 atom stereocenters. The van der Waals surface area contributed by atoms with Crippen LogP contribution in [0.25, 0.3) is 0 Å². The topological polar surface area (TPSA) is 56.3 Å². The Labute approximate surface area is 100 Å². The Morgan fingerprint density at radius 1 is 1.31 bits per heavy atom. The SMILES string of the molecule is CCNCc1nnc(OCCOC(C)C)s1. The molecule has 16 heavy (non-hydrogen) atoms. The Kier molecular flexibility index (Phi) is 6.29. The van der Waals surface area contributed by atoms with E-state index in [9.17, 15) is 0 Å². The molecule has 0 aliphatic rings. The molecule has 0 unspecified atom stereocenters. The van der Waals surface area contributed by atoms with Gasteiger partial charge in [0.15, 0.2) is 0 Å². The van der Waals surface area contributed by atoms with E-state index in [2.05, 4.69) is 22.4 Å². The van der Waals surface area contributed by atoms with Gasteiger partial charge < -0.3 is 14.8 Å². The van der Waals surface area contributed by atoms with Crippen molar-refractivity contribution in [2.75, 3.05) is 19.8 Å². The fourth-order valence-corrected chi connectivity index (χ4v) is 1.69. The molecule has 0 spiro atoms. The van der Waals surface area contributed by atoms with Crippen LogP contribution in [0.1, 0.15) is 25.8 Å². The largest absolute Gasteiger partial charge is 0.466 e. The average Bonchev–Trinajstić information content (AvgIpc) is 2.69. The fourth-order valence-electron chi connectivity index (χ4n) is 1.01. The predicted octanol–water partition coefficient (Wildman–Crippen LogP) is 1.45. The second-order valence-corrected chi connectivity index (χ2v) is 4.53. The van der Waals surface area contributed by atoms with E-state index < -0.39 is 0 Å². The standard InChI is InChI=1S/C10H19N3O2S/c1-4-11-7-9-12-13-10(16-9)15-6-5-14-8(2)3/h8,11H,4-7H2,1-3H3. The fraction of sp³-hybridized carbons (Fsp3) is 0.800. The minimum absolute atomic E-state index is 0.238. The summed E-state index contributed by atoms with van der Waals surface area (Å²) in [5, 5.41) is 12.7. The first-order chi connectivity index (χ1) is 7.72. The molecule has 0 saturated heterocycles. The van der Waals surface area contributed by atoms with Crippen molar-refractivity contribution < 1.29 is 9.47 Å². The highest BCUT2D eigenvalue weighted by Crippen LogP contribution is 2.17. The molecule has 6 heteroatoms. The molecule has 1 aromatic rings. The van der Waals surface area contributed by atoms with Crippen molar-refractivity contribution in [2.24, 2.45) is 0 Å². The molecule has 1 N–H and O–H groups in total. The highest BCUT2D eigenvalue weighted by atomic mass is 32.1. The smallest absolute Gasteiger partial charge is 0.294 e. The van der Waals surface area contributed by atoms with E-state index in [0.717, 1.165) is 18.1 Å². The van der Waals surface area contributed by atoms with Crippen molar-refractivity contribution in [3.8, 4) is 5.19 Å². The second kappa shape index (κ2) is 7.54. The third-order valence-electron chi connectivity index (χ3n) is 1.73. The van der Waals surface area contributed by atoms with Gasteiger partial charge in [0.1, 0.15) is 11.6 Å². The first kappa shape index (κ1) is 13.3. The molecule has 1 heterocycles. The molecule has 0 aliphatic heterocycles. The summed E-state index contributed by atoms with van der Waals surface area (Å²) in [6, 6.07) is 0. The number of hydrogen-bond acceptors (Lipinski definition) is 6. The molecule has 0 radical (unpaired) electrons. The Morgan fingerprint density at radius 2 is 2.12 bits per heavy atom. The van der Waals surface area contributed by atoms with Crippen molar-refractivity contribution in [1.29, 1.82) is 0 Å². The Hall–Kier alpha value is -0.720. The summed E-state index contributed by atoms with van der Waals surface area (Å²) in [6.45, 7) is 8.84. The number of hydrogen-bond donors (Lipinski definition) is 1. The van der Waals surface area contributed by atoms with Crippen LogP contribution in [0.2, 0.25) is 0 Å². The van der Waals surface area contributed by atoms with Gasteiger partial charge in [0.2, 0.25) is 0 Å². The van der Waals surface area contributed by atoms with Gasteiger partial charge in [0.05, 0.1) is 12.7 Å². The normalized spacial score (nSPS) is 11.0. The maximum Gasteiger partial charge on any atom is 0.294 e. The summed E-state index contributed by atoms with van der Waals surface area (Å²) in [6.07, 6.45) is 0.238. The summed E-state index contributed by atoms with van der Waals surface area (Å²) in [7, 11) is 0. The van der Waals surface area contributed by atoms with Crippen LogP contribution in [0, 0.1) is 0 Å². The number of nitrogens with one attached hydrogen (secondary N) is 1. The number of ether oxygens (including phenoxy) is 2. The van der Waals surface area contributed by atoms with Crippen molar-refractivity contribution in [3.05, 3.63) is 5.01 Å². The number of nitrogens with zero attached hydrogens (tertiary/aromatic N) is 2. The lowest BCUT2D eigenvalue weighted by atomic mass is 10.5. The summed E-state index contributed by atoms with van der Waals surface area (Å²) in [5.74, 6) is 0. The second-order valence-electron chi connectivity index (χ2n) is 3.51.